The molecule has 0 aromatic heterocycles. The summed E-state index contributed by atoms with van der Waals surface area (Å²) < 4.78 is 14.2. The average Bonchev–Trinajstić information content (AvgIpc) is 3.10. The Kier molecular flexibility index (Phi) is 9.03. The molecule has 0 bridgehead atoms. The Morgan fingerprint density at radius 3 is 2.38 bits per heavy atom. The second kappa shape index (κ2) is 12.5. The van der Waals surface area contributed by atoms with Gasteiger partial charge in [0, 0.05) is 68.6 Å². The highest BCUT2D eigenvalue weighted by Crippen LogP contribution is 2.46. The number of hydrogen-bond acceptors (Lipinski definition) is 5. The van der Waals surface area contributed by atoms with E-state index in [2.05, 4.69) is 92.0 Å². The van der Waals surface area contributed by atoms with Gasteiger partial charge in [-0.15, -0.1) is 0 Å². The minimum atomic E-state index is -0.784. The van der Waals surface area contributed by atoms with Crippen molar-refractivity contribution in [2.75, 3.05) is 65.3 Å². The fourth-order valence-electron chi connectivity index (χ4n) is 5.52. The van der Waals surface area contributed by atoms with Crippen LogP contribution in [-0.4, -0.2) is 76.9 Å². The molecule has 0 fully saturated rings. The van der Waals surface area contributed by atoms with Crippen LogP contribution >= 0.6 is 0 Å². The van der Waals surface area contributed by atoms with Gasteiger partial charge in [0.15, 0.2) is 5.71 Å². The van der Waals surface area contributed by atoms with E-state index < -0.39 is 5.97 Å². The predicted molar refractivity (Wildman–Crippen MR) is 164 cm³/mol. The number of fused-ring (bicyclic) bond motifs is 2. The van der Waals surface area contributed by atoms with Gasteiger partial charge in [-0.1, -0.05) is 6.07 Å². The molecule has 0 atom stereocenters. The summed E-state index contributed by atoms with van der Waals surface area (Å²) in [6.45, 7) is 3.41. The Morgan fingerprint density at radius 1 is 1.00 bits per heavy atom. The molecule has 1 N–H and O–H groups in total. The van der Waals surface area contributed by atoms with Gasteiger partial charge in [-0.05, 0) is 72.7 Å². The molecule has 40 heavy (non-hydrogen) atoms. The van der Waals surface area contributed by atoms with Crippen molar-refractivity contribution in [3.8, 4) is 11.5 Å². The first-order valence-corrected chi connectivity index (χ1v) is 13.9. The summed E-state index contributed by atoms with van der Waals surface area (Å²) in [5.41, 5.74) is 10.4. The molecule has 0 heterocycles. The van der Waals surface area contributed by atoms with E-state index in [1.54, 1.807) is 14.2 Å². The van der Waals surface area contributed by atoms with Crippen molar-refractivity contribution >= 4 is 28.6 Å². The number of rotatable bonds is 10. The minimum absolute atomic E-state index is 0.128. The number of carbonyl (C=O) groups is 1. The maximum absolute atomic E-state index is 11.1. The third kappa shape index (κ3) is 5.93. The van der Waals surface area contributed by atoms with E-state index in [-0.39, 0.29) is 6.42 Å². The number of aliphatic carboxylic acids is 1. The van der Waals surface area contributed by atoms with E-state index >= 15 is 0 Å². The number of methoxy groups -OCH3 is 2. The highest BCUT2D eigenvalue weighted by atomic mass is 16.5. The molecular formula is C33H42N3O4+. The highest BCUT2D eigenvalue weighted by Gasteiger charge is 2.28. The van der Waals surface area contributed by atoms with Crippen LogP contribution in [0.2, 0.25) is 0 Å². The van der Waals surface area contributed by atoms with E-state index in [1.165, 1.54) is 33.7 Å². The number of benzene rings is 2. The topological polar surface area (TPSA) is 65.3 Å². The molecule has 2 aromatic rings. The molecule has 2 aromatic carbocycles. The summed E-state index contributed by atoms with van der Waals surface area (Å²) in [5, 5.41) is 9.14. The van der Waals surface area contributed by atoms with E-state index in [9.17, 15) is 4.79 Å². The average molecular weight is 545 g/mol. The zero-order valence-corrected chi connectivity index (χ0v) is 24.9. The Balaban J connectivity index is 1.95. The van der Waals surface area contributed by atoms with Crippen molar-refractivity contribution < 1.29 is 24.0 Å². The summed E-state index contributed by atoms with van der Waals surface area (Å²) in [5.74, 6) is 0.713. The summed E-state index contributed by atoms with van der Waals surface area (Å²) >= 11 is 0. The van der Waals surface area contributed by atoms with Gasteiger partial charge < -0.3 is 24.4 Å². The molecule has 0 spiro atoms. The Hall–Kier alpha value is -4.00. The second-order valence-corrected chi connectivity index (χ2v) is 10.6. The SMILES string of the molecule is CCN(CCCC(=O)O)c1cc(OC)c(C2=C3C=CC(=[N+](C)C)C=C3CCc3cc(N(C)C)ccc32)cc1OC. The van der Waals surface area contributed by atoms with Crippen molar-refractivity contribution in [3.05, 3.63) is 76.4 Å². The molecule has 4 rings (SSSR count). The van der Waals surface area contributed by atoms with Crippen LogP contribution in [0.4, 0.5) is 11.4 Å². The molecule has 0 aliphatic heterocycles. The van der Waals surface area contributed by atoms with Crippen LogP contribution in [0, 0.1) is 0 Å². The van der Waals surface area contributed by atoms with E-state index in [0.717, 1.165) is 47.7 Å². The summed E-state index contributed by atoms with van der Waals surface area (Å²) in [4.78, 5) is 15.4. The zero-order valence-electron chi connectivity index (χ0n) is 24.9. The standard InChI is InChI=1S/C33H41N3O4/c1-8-36(17-9-10-32(37)38)29-21-30(39-6)28(20-31(29)40-7)33-26-15-13-24(34(2)3)18-22(26)11-12-23-19-25(35(4)5)14-16-27(23)33/h13-16,18-21H,8-12,17H2,1-7H3/p+1. The Morgan fingerprint density at radius 2 is 1.75 bits per heavy atom. The lowest BCUT2D eigenvalue weighted by Crippen LogP contribution is -2.25. The molecule has 0 radical (unpaired) electrons. The predicted octanol–water partition coefficient (Wildman–Crippen LogP) is 5.42. The molecule has 2 aliphatic carbocycles. The highest BCUT2D eigenvalue weighted by molar-refractivity contribution is 6.05. The quantitative estimate of drug-likeness (QED) is 0.403. The Bertz CT molecular complexity index is 1410. The van der Waals surface area contributed by atoms with Crippen molar-refractivity contribution in [2.45, 2.75) is 32.6 Å². The number of hydrogen-bond donors (Lipinski definition) is 1. The number of allylic oxidation sites excluding steroid dienone is 5. The lowest BCUT2D eigenvalue weighted by molar-refractivity contribution is -0.462. The van der Waals surface area contributed by atoms with Gasteiger partial charge in [0.2, 0.25) is 0 Å². The van der Waals surface area contributed by atoms with Crippen molar-refractivity contribution in [1.29, 1.82) is 0 Å². The fraction of sp³-hybridized carbons (Fsp3) is 0.394. The van der Waals surface area contributed by atoms with Crippen molar-refractivity contribution in [3.63, 3.8) is 0 Å². The van der Waals surface area contributed by atoms with Crippen molar-refractivity contribution in [2.24, 2.45) is 0 Å². The molecule has 7 heteroatoms. The van der Waals surface area contributed by atoms with Gasteiger partial charge in [-0.25, -0.2) is 4.58 Å². The number of anilines is 2. The lowest BCUT2D eigenvalue weighted by atomic mass is 9.86. The first-order valence-electron chi connectivity index (χ1n) is 13.9. The Labute approximate surface area is 238 Å². The maximum Gasteiger partial charge on any atom is 0.303 e. The molecule has 212 valence electrons. The molecule has 0 saturated heterocycles. The van der Waals surface area contributed by atoms with Crippen LogP contribution in [0.1, 0.15) is 42.9 Å². The number of aryl methyl sites for hydroxylation is 1. The summed E-state index contributed by atoms with van der Waals surface area (Å²) in [6, 6.07) is 10.8. The number of nitrogens with zero attached hydrogens (tertiary/aromatic N) is 3. The normalized spacial score (nSPS) is 14.2. The molecule has 0 amide bonds. The van der Waals surface area contributed by atoms with Crippen LogP contribution in [0.15, 0.2) is 59.7 Å². The zero-order chi connectivity index (χ0) is 29.0. The van der Waals surface area contributed by atoms with Crippen LogP contribution in [-0.2, 0) is 11.2 Å². The van der Waals surface area contributed by atoms with Crippen LogP contribution < -0.4 is 19.3 Å². The second-order valence-electron chi connectivity index (χ2n) is 10.6. The number of carboxylic acids is 1. The number of ether oxygens (including phenoxy) is 2. The third-order valence-electron chi connectivity index (χ3n) is 7.72. The summed E-state index contributed by atoms with van der Waals surface area (Å²) in [6.07, 6.45) is 9.27. The van der Waals surface area contributed by atoms with Crippen LogP contribution in [0.3, 0.4) is 0 Å². The molecule has 0 unspecified atom stereocenters. The smallest absolute Gasteiger partial charge is 0.303 e. The number of carboxylic acid groups (broad SMARTS) is 1. The summed E-state index contributed by atoms with van der Waals surface area (Å²) in [7, 11) is 11.7. The van der Waals surface area contributed by atoms with Gasteiger partial charge >= 0.3 is 5.97 Å². The monoisotopic (exact) mass is 544 g/mol. The first kappa shape index (κ1) is 29.0. The fourth-order valence-corrected chi connectivity index (χ4v) is 5.52. The maximum atomic E-state index is 11.1. The first-order chi connectivity index (χ1) is 19.2. The van der Waals surface area contributed by atoms with Gasteiger partial charge in [-0.3, -0.25) is 4.79 Å². The third-order valence-corrected chi connectivity index (χ3v) is 7.72. The van der Waals surface area contributed by atoms with Gasteiger partial charge in [0.1, 0.15) is 25.6 Å². The molecule has 0 saturated carbocycles. The van der Waals surface area contributed by atoms with Crippen LogP contribution in [0.5, 0.6) is 11.5 Å². The minimum Gasteiger partial charge on any atom is -0.496 e. The van der Waals surface area contributed by atoms with Crippen LogP contribution in [0.25, 0.3) is 5.57 Å². The van der Waals surface area contributed by atoms with E-state index in [4.69, 9.17) is 14.6 Å². The molecule has 7 nitrogen and oxygen atoms in total. The van der Waals surface area contributed by atoms with E-state index in [1.807, 2.05) is 6.07 Å². The van der Waals surface area contributed by atoms with Gasteiger partial charge in [0.25, 0.3) is 0 Å². The van der Waals surface area contributed by atoms with Crippen molar-refractivity contribution in [1.82, 2.24) is 0 Å². The molecule has 2 aliphatic rings. The largest absolute Gasteiger partial charge is 0.496 e. The van der Waals surface area contributed by atoms with Gasteiger partial charge in [-0.2, -0.15) is 0 Å². The molecular weight excluding hydrogens is 502 g/mol. The van der Waals surface area contributed by atoms with E-state index in [0.29, 0.717) is 13.0 Å². The van der Waals surface area contributed by atoms with Gasteiger partial charge in [0.05, 0.1) is 19.9 Å². The lowest BCUT2D eigenvalue weighted by Gasteiger charge is -2.27.